The van der Waals surface area contributed by atoms with Gasteiger partial charge >= 0.3 is 0 Å². The zero-order valence-corrected chi connectivity index (χ0v) is 28.6. The second-order valence-electron chi connectivity index (χ2n) is 12.4. The molecular formula is C34H55N9O5. The van der Waals surface area contributed by atoms with E-state index >= 15 is 0 Å². The Morgan fingerprint density at radius 1 is 0.812 bits per heavy atom. The van der Waals surface area contributed by atoms with E-state index in [1.54, 1.807) is 26.0 Å². The van der Waals surface area contributed by atoms with E-state index in [9.17, 15) is 24.6 Å². The van der Waals surface area contributed by atoms with Crippen LogP contribution >= 0.6 is 0 Å². The fourth-order valence-electron chi connectivity index (χ4n) is 5.68. The maximum absolute atomic E-state index is 14.0. The number of aryl methyl sites for hydroxylation is 4. The van der Waals surface area contributed by atoms with Crippen LogP contribution in [0.2, 0.25) is 0 Å². The van der Waals surface area contributed by atoms with Gasteiger partial charge in [0.25, 0.3) is 0 Å². The molecule has 0 aliphatic carbocycles. The third-order valence-electron chi connectivity index (χ3n) is 8.47. The average molecular weight is 670 g/mol. The number of nitrogens with one attached hydrogen (secondary N) is 3. The summed E-state index contributed by atoms with van der Waals surface area (Å²) in [6.45, 7) is 8.20. The molecule has 2 rings (SSSR count). The molecular weight excluding hydrogens is 614 g/mol. The Morgan fingerprint density at radius 3 is 1.96 bits per heavy atom. The highest BCUT2D eigenvalue weighted by molar-refractivity contribution is 5.90. The van der Waals surface area contributed by atoms with Crippen molar-refractivity contribution in [3.63, 3.8) is 0 Å². The molecule has 0 radical (unpaired) electrons. The molecule has 0 bridgehead atoms. The van der Waals surface area contributed by atoms with Crippen LogP contribution in [0, 0.1) is 27.7 Å². The van der Waals surface area contributed by atoms with Crippen molar-refractivity contribution < 1.29 is 24.6 Å². The highest BCUT2D eigenvalue weighted by atomic mass is 16.3. The van der Waals surface area contributed by atoms with Gasteiger partial charge in [0.2, 0.25) is 17.7 Å². The number of guanidine groups is 1. The van der Waals surface area contributed by atoms with Gasteiger partial charge in [-0.05, 0) is 112 Å². The van der Waals surface area contributed by atoms with Crippen LogP contribution in [0.4, 0.5) is 0 Å². The van der Waals surface area contributed by atoms with E-state index in [0.29, 0.717) is 38.8 Å². The molecule has 0 aliphatic heterocycles. The SMILES string of the molecule is Cc1cccc(C)c1C[C@H](NC(O)[C@H](CCCCN)NC(=O)[C@H](Cc1c(C)cc(O)cc1C)NC(=O)[C@H](N)CCCN=C(N)N)C(N)=O. The number of rotatable bonds is 20. The lowest BCUT2D eigenvalue weighted by Crippen LogP contribution is -2.60. The van der Waals surface area contributed by atoms with Gasteiger partial charge < -0.3 is 49.5 Å². The van der Waals surface area contributed by atoms with E-state index in [4.69, 9.17) is 28.7 Å². The summed E-state index contributed by atoms with van der Waals surface area (Å²) in [5, 5.41) is 30.1. The Labute approximate surface area is 283 Å². The fraction of sp³-hybridized carbons (Fsp3) is 0.529. The number of aliphatic hydroxyl groups is 1. The summed E-state index contributed by atoms with van der Waals surface area (Å²) in [4.78, 5) is 43.6. The van der Waals surface area contributed by atoms with E-state index in [0.717, 1.165) is 33.4 Å². The van der Waals surface area contributed by atoms with Gasteiger partial charge in [-0.2, -0.15) is 0 Å². The van der Waals surface area contributed by atoms with E-state index in [1.165, 1.54) is 0 Å². The summed E-state index contributed by atoms with van der Waals surface area (Å²) >= 11 is 0. The maximum Gasteiger partial charge on any atom is 0.243 e. The Balaban J connectivity index is 2.33. The molecule has 2 aromatic carbocycles. The zero-order chi connectivity index (χ0) is 36.0. The maximum atomic E-state index is 14.0. The van der Waals surface area contributed by atoms with Crippen LogP contribution in [0.25, 0.3) is 0 Å². The van der Waals surface area contributed by atoms with Crippen molar-refractivity contribution in [1.82, 2.24) is 16.0 Å². The van der Waals surface area contributed by atoms with Crippen molar-refractivity contribution in [2.24, 2.45) is 33.7 Å². The normalized spacial score (nSPS) is 14.3. The minimum Gasteiger partial charge on any atom is -0.508 e. The fourth-order valence-corrected chi connectivity index (χ4v) is 5.68. The van der Waals surface area contributed by atoms with Crippen LogP contribution in [-0.4, -0.2) is 77.4 Å². The predicted molar refractivity (Wildman–Crippen MR) is 188 cm³/mol. The van der Waals surface area contributed by atoms with Crippen LogP contribution in [0.15, 0.2) is 35.3 Å². The summed E-state index contributed by atoms with van der Waals surface area (Å²) < 4.78 is 0. The summed E-state index contributed by atoms with van der Waals surface area (Å²) in [6, 6.07) is 5.15. The first-order valence-electron chi connectivity index (χ1n) is 16.3. The molecule has 15 N–H and O–H groups in total. The molecule has 0 saturated heterocycles. The monoisotopic (exact) mass is 669 g/mol. The molecule has 14 heteroatoms. The average Bonchev–Trinajstić information content (AvgIpc) is 3.00. The number of primary amides is 1. The van der Waals surface area contributed by atoms with Crippen molar-refractivity contribution >= 4 is 23.7 Å². The van der Waals surface area contributed by atoms with Crippen LogP contribution < -0.4 is 44.6 Å². The predicted octanol–water partition coefficient (Wildman–Crippen LogP) is -0.348. The number of carbonyl (C=O) groups excluding carboxylic acids is 3. The van der Waals surface area contributed by atoms with Gasteiger partial charge in [-0.3, -0.25) is 24.7 Å². The van der Waals surface area contributed by atoms with Gasteiger partial charge in [0.15, 0.2) is 5.96 Å². The number of phenolic OH excluding ortho intramolecular Hbond substituents is 1. The van der Waals surface area contributed by atoms with Crippen LogP contribution in [0.5, 0.6) is 5.75 Å². The summed E-state index contributed by atoms with van der Waals surface area (Å²) in [5.41, 5.74) is 33.5. The van der Waals surface area contributed by atoms with Gasteiger partial charge in [-0.15, -0.1) is 0 Å². The molecule has 0 saturated carbocycles. The standard InChI is InChI=1S/C34H55N9O5/c1-19-9-7-10-20(2)24(19)17-28(30(37)45)42-32(47)27(12-5-6-13-35)41-33(48)29(18-25-21(3)15-23(44)16-22(25)4)43-31(46)26(36)11-8-14-40-34(38)39/h7,9-10,15-16,26-29,32,42,44,47H,5-6,8,11-14,17-18,35-36H2,1-4H3,(H2,37,45)(H,41,48)(H,43,46)(H4,38,39,40)/t26-,27+,28+,29+,32?/m1/s1. The minimum atomic E-state index is -1.36. The second-order valence-corrected chi connectivity index (χ2v) is 12.4. The number of amides is 3. The number of nitrogens with two attached hydrogens (primary N) is 5. The Kier molecular flexibility index (Phi) is 16.3. The Bertz CT molecular complexity index is 1370. The number of benzene rings is 2. The van der Waals surface area contributed by atoms with Gasteiger partial charge in [0.05, 0.1) is 18.1 Å². The Hall–Kier alpha value is -4.24. The van der Waals surface area contributed by atoms with Crippen molar-refractivity contribution in [2.45, 2.75) is 103 Å². The first-order chi connectivity index (χ1) is 22.6. The van der Waals surface area contributed by atoms with Crippen LogP contribution in [0.3, 0.4) is 0 Å². The summed E-state index contributed by atoms with van der Waals surface area (Å²) in [5.74, 6) is -1.74. The molecule has 5 atom stereocenters. The highest BCUT2D eigenvalue weighted by Gasteiger charge is 2.31. The quantitative estimate of drug-likeness (QED) is 0.0379. The number of unbranched alkanes of at least 4 members (excludes halogenated alkanes) is 1. The lowest BCUT2D eigenvalue weighted by Gasteiger charge is -2.30. The number of aliphatic hydroxyl groups excluding tert-OH is 1. The number of aliphatic imine (C=N–C) groups is 1. The number of hydrogen-bond acceptors (Lipinski definition) is 9. The molecule has 2 aromatic rings. The lowest BCUT2D eigenvalue weighted by atomic mass is 9.94. The first kappa shape index (κ1) is 39.9. The molecule has 0 fully saturated rings. The van der Waals surface area contributed by atoms with E-state index < -0.39 is 48.1 Å². The lowest BCUT2D eigenvalue weighted by molar-refractivity contribution is -0.130. The third kappa shape index (κ3) is 12.8. The number of phenols is 1. The molecule has 0 heterocycles. The molecule has 48 heavy (non-hydrogen) atoms. The van der Waals surface area contributed by atoms with E-state index in [1.807, 2.05) is 32.0 Å². The Morgan fingerprint density at radius 2 is 1.40 bits per heavy atom. The third-order valence-corrected chi connectivity index (χ3v) is 8.47. The zero-order valence-electron chi connectivity index (χ0n) is 28.6. The van der Waals surface area contributed by atoms with E-state index in [2.05, 4.69) is 20.9 Å². The molecule has 14 nitrogen and oxygen atoms in total. The number of nitrogens with zero attached hydrogens (tertiary/aromatic N) is 1. The molecule has 1 unspecified atom stereocenters. The van der Waals surface area contributed by atoms with Crippen molar-refractivity contribution in [1.29, 1.82) is 0 Å². The number of carbonyl (C=O) groups is 3. The van der Waals surface area contributed by atoms with Crippen molar-refractivity contribution in [3.8, 4) is 5.75 Å². The number of aromatic hydroxyl groups is 1. The molecule has 3 amide bonds. The largest absolute Gasteiger partial charge is 0.508 e. The molecule has 0 aliphatic rings. The number of hydrogen-bond donors (Lipinski definition) is 10. The molecule has 0 spiro atoms. The van der Waals surface area contributed by atoms with Gasteiger partial charge in [0.1, 0.15) is 18.0 Å². The minimum absolute atomic E-state index is 0.0606. The van der Waals surface area contributed by atoms with Gasteiger partial charge in [-0.1, -0.05) is 24.6 Å². The second kappa shape index (κ2) is 19.5. The molecule has 266 valence electrons. The van der Waals surface area contributed by atoms with Crippen LogP contribution in [0.1, 0.15) is 65.5 Å². The highest BCUT2D eigenvalue weighted by Crippen LogP contribution is 2.23. The smallest absolute Gasteiger partial charge is 0.243 e. The van der Waals surface area contributed by atoms with Gasteiger partial charge in [-0.25, -0.2) is 0 Å². The van der Waals surface area contributed by atoms with Gasteiger partial charge in [0, 0.05) is 13.0 Å². The topological polar surface area (TPSA) is 270 Å². The summed E-state index contributed by atoms with van der Waals surface area (Å²) in [6.07, 6.45) is 1.23. The molecule has 0 aromatic heterocycles. The van der Waals surface area contributed by atoms with Crippen LogP contribution in [-0.2, 0) is 27.2 Å². The first-order valence-corrected chi connectivity index (χ1v) is 16.3. The summed E-state index contributed by atoms with van der Waals surface area (Å²) in [7, 11) is 0. The van der Waals surface area contributed by atoms with Crippen molar-refractivity contribution in [3.05, 3.63) is 63.7 Å². The van der Waals surface area contributed by atoms with Crippen molar-refractivity contribution in [2.75, 3.05) is 13.1 Å². The van der Waals surface area contributed by atoms with E-state index in [-0.39, 0.29) is 31.0 Å².